The first-order valence-electron chi connectivity index (χ1n) is 23.6. The van der Waals surface area contributed by atoms with E-state index in [4.69, 9.17) is 107 Å². The molecule has 4 amide bonds. The van der Waals surface area contributed by atoms with Crippen molar-refractivity contribution >= 4 is 122 Å². The Balaban J connectivity index is 1.32. The molecule has 2 fully saturated rings. The molecule has 0 aromatic heterocycles. The quantitative estimate of drug-likeness (QED) is 0.103. The molecule has 4 aliphatic heterocycles. The van der Waals surface area contributed by atoms with Gasteiger partial charge in [0.2, 0.25) is 7.59 Å². The second kappa shape index (κ2) is 22.4. The first-order chi connectivity index (χ1) is 33.6. The lowest BCUT2D eigenvalue weighted by Crippen LogP contribution is -2.61. The van der Waals surface area contributed by atoms with E-state index in [9.17, 15) is 29.4 Å². The molecule has 73 heavy (non-hydrogen) atoms. The molecular formula is C47H66Cl6N4O14Si2. The van der Waals surface area contributed by atoms with Crippen molar-refractivity contribution in [3.63, 3.8) is 0 Å². The van der Waals surface area contributed by atoms with Crippen LogP contribution in [0.3, 0.4) is 0 Å². The molecule has 4 aliphatic rings. The molecule has 4 heterocycles. The standard InChI is InChI=1S/C47H66Cl6N4O14Si2/c1-44(2,3)72(9,10)70-40-34-36(32(58)22-54(34)38(60)28-20-26(64-7)14-16-30(28)56(40)42(62)68-24-46(48,49)50)66-18-13-19-67-37-33(59)23-55-35(37)41(71-73(11,12)45(4,5)6)57(43(63)69-25-47(51,52)53)31-17-15-27(65-8)21-29(31)39(55)61/h14-17,20-21,32-37,40-41,58-59H,13,18-19,22-25H2,1-12H3/t32-,33-,34+,35+,36?,37?,40+,41+/m1/s1. The highest BCUT2D eigenvalue weighted by Crippen LogP contribution is 2.46. The molecule has 8 atom stereocenters. The van der Waals surface area contributed by atoms with Crippen molar-refractivity contribution in [2.45, 2.75) is 141 Å². The van der Waals surface area contributed by atoms with Gasteiger partial charge >= 0.3 is 12.2 Å². The minimum Gasteiger partial charge on any atom is -0.497 e. The highest BCUT2D eigenvalue weighted by molar-refractivity contribution is 6.74. The zero-order valence-electron chi connectivity index (χ0n) is 42.9. The van der Waals surface area contributed by atoms with Gasteiger partial charge in [-0.05, 0) is 79.1 Å². The van der Waals surface area contributed by atoms with E-state index in [0.29, 0.717) is 11.5 Å². The number of rotatable bonds is 14. The number of hydrogen-bond acceptors (Lipinski definition) is 14. The zero-order valence-corrected chi connectivity index (χ0v) is 49.4. The van der Waals surface area contributed by atoms with Crippen LogP contribution in [0.4, 0.5) is 21.0 Å². The third-order valence-corrected chi connectivity index (χ3v) is 23.9. The Labute approximate surface area is 458 Å². The van der Waals surface area contributed by atoms with E-state index >= 15 is 0 Å². The topological polar surface area (TPSA) is 196 Å². The fourth-order valence-corrected chi connectivity index (χ4v) is 11.4. The summed E-state index contributed by atoms with van der Waals surface area (Å²) in [5.41, 5.74) is 0.399. The molecule has 408 valence electrons. The fraction of sp³-hybridized carbons (Fsp3) is 0.660. The van der Waals surface area contributed by atoms with E-state index in [0.717, 1.165) is 0 Å². The van der Waals surface area contributed by atoms with Crippen molar-refractivity contribution in [1.29, 1.82) is 0 Å². The molecule has 26 heteroatoms. The maximum Gasteiger partial charge on any atom is 0.416 e. The third-order valence-electron chi connectivity index (χ3n) is 14.4. The number of nitrogens with zero attached hydrogens (tertiary/aromatic N) is 4. The molecule has 2 aromatic carbocycles. The van der Waals surface area contributed by atoms with Crippen LogP contribution in [0.15, 0.2) is 36.4 Å². The van der Waals surface area contributed by atoms with E-state index in [1.165, 1.54) is 46.0 Å². The summed E-state index contributed by atoms with van der Waals surface area (Å²) in [7, 11) is -2.86. The van der Waals surface area contributed by atoms with Gasteiger partial charge in [0.15, 0.2) is 29.1 Å². The number of ether oxygens (including phenoxy) is 6. The van der Waals surface area contributed by atoms with Crippen LogP contribution in [-0.4, -0.2) is 171 Å². The fourth-order valence-electron chi connectivity index (χ4n) is 8.62. The van der Waals surface area contributed by atoms with Crippen molar-refractivity contribution in [1.82, 2.24) is 9.80 Å². The number of alkyl halides is 6. The smallest absolute Gasteiger partial charge is 0.416 e. The number of aliphatic hydroxyl groups is 2. The molecule has 0 aliphatic carbocycles. The van der Waals surface area contributed by atoms with Crippen molar-refractivity contribution < 1.29 is 66.7 Å². The Hall–Kier alpha value is -2.55. The van der Waals surface area contributed by atoms with Gasteiger partial charge in [0.25, 0.3) is 11.8 Å². The Morgan fingerprint density at radius 1 is 0.616 bits per heavy atom. The second-order valence-corrected chi connectivity index (χ2v) is 36.0. The molecule has 2 unspecified atom stereocenters. The maximum atomic E-state index is 14.7. The lowest BCUT2D eigenvalue weighted by atomic mass is 10.1. The Morgan fingerprint density at radius 3 is 1.26 bits per heavy atom. The predicted octanol–water partition coefficient (Wildman–Crippen LogP) is 9.28. The number of halogens is 6. The first kappa shape index (κ1) is 59.7. The molecule has 2 aromatic rings. The van der Waals surface area contributed by atoms with Gasteiger partial charge in [-0.1, -0.05) is 111 Å². The summed E-state index contributed by atoms with van der Waals surface area (Å²) in [4.78, 5) is 63.4. The van der Waals surface area contributed by atoms with E-state index in [1.807, 2.05) is 67.7 Å². The number of benzene rings is 2. The summed E-state index contributed by atoms with van der Waals surface area (Å²) in [6.45, 7) is 18.2. The van der Waals surface area contributed by atoms with Gasteiger partial charge in [-0.3, -0.25) is 9.59 Å². The van der Waals surface area contributed by atoms with Crippen molar-refractivity contribution in [2.75, 3.05) is 63.5 Å². The summed E-state index contributed by atoms with van der Waals surface area (Å²) in [6, 6.07) is 7.01. The summed E-state index contributed by atoms with van der Waals surface area (Å²) in [5, 5.41) is 22.8. The molecule has 0 spiro atoms. The molecule has 0 radical (unpaired) electrons. The van der Waals surface area contributed by atoms with Crippen LogP contribution in [0.5, 0.6) is 11.5 Å². The summed E-state index contributed by atoms with van der Waals surface area (Å²) >= 11 is 36.3. The van der Waals surface area contributed by atoms with Crippen molar-refractivity contribution in [2.24, 2.45) is 0 Å². The van der Waals surface area contributed by atoms with E-state index in [1.54, 1.807) is 24.3 Å². The molecule has 2 N–H and O–H groups in total. The zero-order chi connectivity index (χ0) is 54.6. The largest absolute Gasteiger partial charge is 0.497 e. The number of fused-ring (bicyclic) bond motifs is 4. The predicted molar refractivity (Wildman–Crippen MR) is 284 cm³/mol. The number of hydrogen-bond donors (Lipinski definition) is 2. The number of aliphatic hydroxyl groups excluding tert-OH is 2. The summed E-state index contributed by atoms with van der Waals surface area (Å²) in [5.74, 6) is -0.418. The normalized spacial score (nSPS) is 24.9. The molecule has 0 bridgehead atoms. The van der Waals surface area contributed by atoms with Crippen LogP contribution in [-0.2, 0) is 27.8 Å². The average Bonchev–Trinajstić information content (AvgIpc) is 3.74. The van der Waals surface area contributed by atoms with Crippen LogP contribution in [0.25, 0.3) is 0 Å². The van der Waals surface area contributed by atoms with Gasteiger partial charge in [0, 0.05) is 13.2 Å². The number of carbonyl (C=O) groups is 4. The molecule has 6 rings (SSSR count). The van der Waals surface area contributed by atoms with Gasteiger partial charge in [-0.15, -0.1) is 0 Å². The Morgan fingerprint density at radius 2 is 0.959 bits per heavy atom. The SMILES string of the molecule is COc1ccc2c(c1)C(=O)N1C[C@@H](O)C(OCCCOC3[C@H](O)CN4C(=O)c5cc(OC)ccc5N(C(=O)OCC(Cl)(Cl)Cl)[C@@H](O[Si](C)(C)C(C)(C)C)[C@H]34)[C@H]1[C@H](O[Si](C)(C)C(C)(C)C)N2C(=O)OCC(Cl)(Cl)Cl. The van der Waals surface area contributed by atoms with Gasteiger partial charge in [-0.25, -0.2) is 19.4 Å². The Bertz CT molecular complexity index is 2210. The Kier molecular flexibility index (Phi) is 18.3. The molecular weight excluding hydrogens is 1110 g/mol. The maximum absolute atomic E-state index is 14.7. The van der Waals surface area contributed by atoms with Crippen LogP contribution < -0.4 is 19.3 Å². The highest BCUT2D eigenvalue weighted by Gasteiger charge is 2.59. The lowest BCUT2D eigenvalue weighted by Gasteiger charge is -2.45. The van der Waals surface area contributed by atoms with E-state index in [2.05, 4.69) is 0 Å². The van der Waals surface area contributed by atoms with E-state index in [-0.39, 0.29) is 55.2 Å². The number of carbonyl (C=O) groups excluding carboxylic acids is 4. The minimum absolute atomic E-state index is 0.0640. The lowest BCUT2D eigenvalue weighted by molar-refractivity contribution is -0.0733. The van der Waals surface area contributed by atoms with Crippen molar-refractivity contribution in [3.8, 4) is 11.5 Å². The summed E-state index contributed by atoms with van der Waals surface area (Å²) in [6.07, 6.45) is -9.23. The van der Waals surface area contributed by atoms with Gasteiger partial charge < -0.3 is 57.3 Å². The van der Waals surface area contributed by atoms with Crippen molar-refractivity contribution in [3.05, 3.63) is 47.5 Å². The van der Waals surface area contributed by atoms with Gasteiger partial charge in [-0.2, -0.15) is 0 Å². The van der Waals surface area contributed by atoms with E-state index < -0.39 is 120 Å². The van der Waals surface area contributed by atoms with Crippen LogP contribution in [0.2, 0.25) is 36.3 Å². The van der Waals surface area contributed by atoms with Crippen LogP contribution >= 0.6 is 69.6 Å². The number of anilines is 2. The number of methoxy groups -OCH3 is 2. The highest BCUT2D eigenvalue weighted by atomic mass is 35.6. The van der Waals surface area contributed by atoms with Gasteiger partial charge in [0.05, 0.1) is 62.0 Å². The third kappa shape index (κ3) is 13.1. The summed E-state index contributed by atoms with van der Waals surface area (Å²) < 4.78 is 45.3. The molecule has 2 saturated heterocycles. The average molecular weight is 1180 g/mol. The van der Waals surface area contributed by atoms with Crippen LogP contribution in [0.1, 0.15) is 68.7 Å². The monoisotopic (exact) mass is 1180 g/mol. The van der Waals surface area contributed by atoms with Crippen LogP contribution in [0, 0.1) is 0 Å². The molecule has 0 saturated carbocycles. The molecule has 18 nitrogen and oxygen atoms in total. The second-order valence-electron chi connectivity index (χ2n) is 21.4. The minimum atomic E-state index is -2.87. The first-order valence-corrected chi connectivity index (χ1v) is 31.7. The number of amides is 4. The van der Waals surface area contributed by atoms with Gasteiger partial charge in [0.1, 0.15) is 49.0 Å².